The maximum Gasteiger partial charge on any atom is 0.573 e. The van der Waals surface area contributed by atoms with Crippen molar-refractivity contribution in [2.45, 2.75) is 34.1 Å². The van der Waals surface area contributed by atoms with Crippen molar-refractivity contribution < 1.29 is 17.9 Å². The van der Waals surface area contributed by atoms with E-state index in [-0.39, 0.29) is 5.75 Å². The van der Waals surface area contributed by atoms with Crippen molar-refractivity contribution in [1.29, 1.82) is 0 Å². The minimum atomic E-state index is -4.68. The van der Waals surface area contributed by atoms with Crippen LogP contribution >= 0.6 is 0 Å². The van der Waals surface area contributed by atoms with E-state index in [0.717, 1.165) is 33.7 Å². The molecule has 0 unspecified atom stereocenters. The first-order valence-electron chi connectivity index (χ1n) is 7.54. The molecule has 130 valence electrons. The quantitative estimate of drug-likeness (QED) is 0.846. The lowest BCUT2D eigenvalue weighted by Crippen LogP contribution is -2.34. The van der Waals surface area contributed by atoms with Gasteiger partial charge in [-0.2, -0.15) is 0 Å². The van der Waals surface area contributed by atoms with Gasteiger partial charge in [0, 0.05) is 12.7 Å². The predicted octanol–water partition coefficient (Wildman–Crippen LogP) is 4.92. The van der Waals surface area contributed by atoms with Crippen LogP contribution in [-0.4, -0.2) is 18.4 Å². The average molecular weight is 338 g/mol. The standard InChI is InChI=1S/C18H21F3N2O/c1-11(2)17-10-14(9-13(4)23(17)22-5)16-7-6-15(8-12(16)3)24-18(19,20)21/h6-10,22H,1-5H3. The molecule has 2 rings (SSSR count). The summed E-state index contributed by atoms with van der Waals surface area (Å²) in [7, 11) is 1.84. The van der Waals surface area contributed by atoms with Gasteiger partial charge in [0.25, 0.3) is 0 Å². The summed E-state index contributed by atoms with van der Waals surface area (Å²) in [6.45, 7) is 7.77. The van der Waals surface area contributed by atoms with Gasteiger partial charge in [0.05, 0.1) is 5.70 Å². The molecule has 1 aliphatic rings. The van der Waals surface area contributed by atoms with Gasteiger partial charge in [0.2, 0.25) is 0 Å². The molecule has 1 aromatic carbocycles. The zero-order valence-corrected chi connectivity index (χ0v) is 14.4. The second-order valence-electron chi connectivity index (χ2n) is 5.85. The maximum absolute atomic E-state index is 12.3. The Morgan fingerprint density at radius 3 is 2.29 bits per heavy atom. The Kier molecular flexibility index (Phi) is 5.08. The molecule has 3 nitrogen and oxygen atoms in total. The Bertz CT molecular complexity index is 726. The van der Waals surface area contributed by atoms with Gasteiger partial charge in [0.1, 0.15) is 5.75 Å². The Labute approximate surface area is 140 Å². The molecule has 1 aliphatic heterocycles. The molecule has 1 aromatic rings. The Hall–Kier alpha value is -2.21. The van der Waals surface area contributed by atoms with Crippen molar-refractivity contribution in [3.8, 4) is 5.75 Å². The van der Waals surface area contributed by atoms with Crippen LogP contribution in [0.1, 0.15) is 31.9 Å². The lowest BCUT2D eigenvalue weighted by Gasteiger charge is -2.31. The summed E-state index contributed by atoms with van der Waals surface area (Å²) >= 11 is 0. The molecule has 0 spiro atoms. The first kappa shape index (κ1) is 18.1. The van der Waals surface area contributed by atoms with Gasteiger partial charge in [-0.1, -0.05) is 11.6 Å². The molecular weight excluding hydrogens is 317 g/mol. The third-order valence-electron chi connectivity index (χ3n) is 3.73. The second-order valence-corrected chi connectivity index (χ2v) is 5.85. The van der Waals surface area contributed by atoms with Crippen LogP contribution in [0.4, 0.5) is 13.2 Å². The number of ether oxygens (including phenoxy) is 1. The molecule has 1 heterocycles. The van der Waals surface area contributed by atoms with Gasteiger partial charge >= 0.3 is 6.36 Å². The van der Waals surface area contributed by atoms with Crippen molar-refractivity contribution in [1.82, 2.24) is 10.4 Å². The maximum atomic E-state index is 12.3. The van der Waals surface area contributed by atoms with Gasteiger partial charge in [-0.3, -0.25) is 5.01 Å². The summed E-state index contributed by atoms with van der Waals surface area (Å²) in [5, 5.41) is 1.97. The Balaban J connectivity index is 2.43. The smallest absolute Gasteiger partial charge is 0.406 e. The monoisotopic (exact) mass is 338 g/mol. The summed E-state index contributed by atoms with van der Waals surface area (Å²) in [5.74, 6) is -0.208. The van der Waals surface area contributed by atoms with E-state index >= 15 is 0 Å². The van der Waals surface area contributed by atoms with Crippen molar-refractivity contribution in [3.63, 3.8) is 0 Å². The third-order valence-corrected chi connectivity index (χ3v) is 3.73. The molecule has 0 atom stereocenters. The molecule has 24 heavy (non-hydrogen) atoms. The number of nitrogens with one attached hydrogen (secondary N) is 1. The molecule has 6 heteroatoms. The highest BCUT2D eigenvalue weighted by atomic mass is 19.4. The van der Waals surface area contributed by atoms with E-state index < -0.39 is 6.36 Å². The first-order valence-corrected chi connectivity index (χ1v) is 7.54. The summed E-state index contributed by atoms with van der Waals surface area (Å²) in [6, 6.07) is 4.40. The van der Waals surface area contributed by atoms with Crippen LogP contribution in [0.15, 0.2) is 47.3 Å². The number of hydrazine groups is 1. The lowest BCUT2D eigenvalue weighted by atomic mass is 9.95. The van der Waals surface area contributed by atoms with Crippen LogP contribution in [0.25, 0.3) is 5.57 Å². The Morgan fingerprint density at radius 2 is 1.79 bits per heavy atom. The number of hydrogen-bond donors (Lipinski definition) is 1. The molecular formula is C18H21F3N2O. The van der Waals surface area contributed by atoms with Gasteiger partial charge in [-0.25, -0.2) is 5.43 Å². The minimum Gasteiger partial charge on any atom is -0.406 e. The predicted molar refractivity (Wildman–Crippen MR) is 88.9 cm³/mol. The van der Waals surface area contributed by atoms with Gasteiger partial charge in [0.15, 0.2) is 0 Å². The van der Waals surface area contributed by atoms with Crippen molar-refractivity contribution in [3.05, 3.63) is 58.4 Å². The number of nitrogens with zero attached hydrogens (tertiary/aromatic N) is 1. The molecule has 0 bridgehead atoms. The van der Waals surface area contributed by atoms with E-state index in [0.29, 0.717) is 0 Å². The van der Waals surface area contributed by atoms with Crippen molar-refractivity contribution >= 4 is 5.57 Å². The molecule has 0 saturated heterocycles. The minimum absolute atomic E-state index is 0.208. The van der Waals surface area contributed by atoms with Crippen LogP contribution in [-0.2, 0) is 0 Å². The zero-order valence-electron chi connectivity index (χ0n) is 14.4. The van der Waals surface area contributed by atoms with Crippen LogP contribution in [0.2, 0.25) is 0 Å². The van der Waals surface area contributed by atoms with Crippen molar-refractivity contribution in [2.24, 2.45) is 0 Å². The number of rotatable bonds is 3. The SMILES string of the molecule is CNN1C(C)=CC(c2ccc(OC(F)(F)F)cc2C)=CC1=C(C)C. The molecule has 0 aromatic heterocycles. The van der Waals surface area contributed by atoms with Crippen LogP contribution in [0.5, 0.6) is 5.75 Å². The van der Waals surface area contributed by atoms with E-state index in [1.807, 2.05) is 45.0 Å². The third kappa shape index (κ3) is 4.00. The fourth-order valence-electron chi connectivity index (χ4n) is 2.71. The topological polar surface area (TPSA) is 24.5 Å². The number of benzene rings is 1. The summed E-state index contributed by atoms with van der Waals surface area (Å²) in [5.41, 5.74) is 8.81. The molecule has 0 saturated carbocycles. The number of alkyl halides is 3. The summed E-state index contributed by atoms with van der Waals surface area (Å²) in [4.78, 5) is 0. The van der Waals surface area contributed by atoms with E-state index in [2.05, 4.69) is 10.2 Å². The zero-order chi connectivity index (χ0) is 18.1. The van der Waals surface area contributed by atoms with E-state index in [4.69, 9.17) is 0 Å². The highest BCUT2D eigenvalue weighted by Gasteiger charge is 2.31. The fraction of sp³-hybridized carbons (Fsp3) is 0.333. The second kappa shape index (κ2) is 6.73. The molecule has 0 amide bonds. The first-order chi connectivity index (χ1) is 11.1. The normalized spacial score (nSPS) is 15.2. The van der Waals surface area contributed by atoms with E-state index in [1.165, 1.54) is 12.1 Å². The van der Waals surface area contributed by atoms with E-state index in [9.17, 15) is 13.2 Å². The number of allylic oxidation sites excluding steroid dienone is 5. The highest BCUT2D eigenvalue weighted by Crippen LogP contribution is 2.33. The number of hydrogen-bond acceptors (Lipinski definition) is 3. The van der Waals surface area contributed by atoms with Crippen LogP contribution in [0.3, 0.4) is 0 Å². The summed E-state index contributed by atoms with van der Waals surface area (Å²) in [6.07, 6.45) is -0.669. The Morgan fingerprint density at radius 1 is 1.12 bits per heavy atom. The largest absolute Gasteiger partial charge is 0.573 e. The van der Waals surface area contributed by atoms with Crippen LogP contribution < -0.4 is 10.2 Å². The van der Waals surface area contributed by atoms with Gasteiger partial charge in [-0.15, -0.1) is 13.2 Å². The average Bonchev–Trinajstić information content (AvgIpc) is 2.44. The molecule has 0 aliphatic carbocycles. The highest BCUT2D eigenvalue weighted by molar-refractivity contribution is 5.80. The summed E-state index contributed by atoms with van der Waals surface area (Å²) < 4.78 is 41.0. The van der Waals surface area contributed by atoms with Crippen molar-refractivity contribution in [2.75, 3.05) is 7.05 Å². The fourth-order valence-corrected chi connectivity index (χ4v) is 2.71. The molecule has 0 radical (unpaired) electrons. The van der Waals surface area contributed by atoms with E-state index in [1.54, 1.807) is 13.0 Å². The van der Waals surface area contributed by atoms with Crippen LogP contribution in [0, 0.1) is 6.92 Å². The van der Waals surface area contributed by atoms with Gasteiger partial charge in [-0.05, 0) is 68.7 Å². The molecule has 1 N–H and O–H groups in total. The molecule has 0 fully saturated rings. The van der Waals surface area contributed by atoms with Gasteiger partial charge < -0.3 is 4.74 Å². The lowest BCUT2D eigenvalue weighted by molar-refractivity contribution is -0.274. The number of halogens is 3. The number of aryl methyl sites for hydroxylation is 1.